The van der Waals surface area contributed by atoms with E-state index >= 15 is 0 Å². The van der Waals surface area contributed by atoms with E-state index in [2.05, 4.69) is 15.3 Å². The second-order valence-electron chi connectivity index (χ2n) is 4.18. The van der Waals surface area contributed by atoms with Crippen LogP contribution in [0.15, 0.2) is 42.5 Å². The normalized spacial score (nSPS) is 10.7. The maximum Gasteiger partial charge on any atom is 0.271 e. The van der Waals surface area contributed by atoms with Crippen molar-refractivity contribution in [2.75, 3.05) is 5.32 Å². The number of nitro groups is 1. The van der Waals surface area contributed by atoms with Crippen molar-refractivity contribution in [3.63, 3.8) is 0 Å². The van der Waals surface area contributed by atoms with Crippen LogP contribution in [0.25, 0.3) is 11.0 Å². The molecule has 0 aliphatic rings. The maximum absolute atomic E-state index is 10.7. The number of rotatable bonds is 3. The van der Waals surface area contributed by atoms with E-state index < -0.39 is 4.92 Å². The molecule has 100 valence electrons. The number of nitrogens with one attached hydrogen (secondary N) is 2. The Bertz CT molecular complexity index is 783. The molecule has 20 heavy (non-hydrogen) atoms. The molecule has 3 rings (SSSR count). The Hall–Kier alpha value is -2.60. The fourth-order valence-electron chi connectivity index (χ4n) is 1.84. The molecule has 0 saturated carbocycles. The fraction of sp³-hybridized carbons (Fsp3) is 0. The second kappa shape index (κ2) is 4.82. The van der Waals surface area contributed by atoms with Crippen LogP contribution >= 0.6 is 11.6 Å². The Balaban J connectivity index is 1.92. The third kappa shape index (κ3) is 2.41. The Morgan fingerprint density at radius 2 is 1.95 bits per heavy atom. The van der Waals surface area contributed by atoms with Crippen molar-refractivity contribution in [3.8, 4) is 0 Å². The molecule has 1 heterocycles. The number of benzene rings is 2. The molecule has 1 aromatic heterocycles. The summed E-state index contributed by atoms with van der Waals surface area (Å²) in [6.45, 7) is 0. The summed E-state index contributed by atoms with van der Waals surface area (Å²) >= 11 is 5.81. The fourth-order valence-corrected chi connectivity index (χ4v) is 1.97. The molecule has 0 aliphatic carbocycles. The van der Waals surface area contributed by atoms with Gasteiger partial charge in [0.15, 0.2) is 0 Å². The van der Waals surface area contributed by atoms with Crippen LogP contribution in [0.4, 0.5) is 17.3 Å². The van der Waals surface area contributed by atoms with Crippen LogP contribution in [0.1, 0.15) is 0 Å². The SMILES string of the molecule is O=[N+]([O-])c1ccc2nc(Nc3ccc(Cl)cc3)[nH]c2c1. The molecule has 0 fully saturated rings. The van der Waals surface area contributed by atoms with E-state index in [1.807, 2.05) is 12.1 Å². The van der Waals surface area contributed by atoms with Gasteiger partial charge in [-0.15, -0.1) is 0 Å². The molecule has 0 atom stereocenters. The molecule has 3 aromatic rings. The van der Waals surface area contributed by atoms with Crippen molar-refractivity contribution < 1.29 is 4.92 Å². The average molecular weight is 289 g/mol. The first-order chi connectivity index (χ1) is 9.61. The van der Waals surface area contributed by atoms with Crippen LogP contribution < -0.4 is 5.32 Å². The number of halogens is 1. The molecule has 0 aliphatic heterocycles. The van der Waals surface area contributed by atoms with E-state index in [0.29, 0.717) is 22.0 Å². The van der Waals surface area contributed by atoms with Gasteiger partial charge in [-0.2, -0.15) is 0 Å². The van der Waals surface area contributed by atoms with Gasteiger partial charge in [0.05, 0.1) is 16.0 Å². The highest BCUT2D eigenvalue weighted by Crippen LogP contribution is 2.22. The summed E-state index contributed by atoms with van der Waals surface area (Å²) in [7, 11) is 0. The predicted molar refractivity (Wildman–Crippen MR) is 77.5 cm³/mol. The lowest BCUT2D eigenvalue weighted by Crippen LogP contribution is -1.91. The maximum atomic E-state index is 10.7. The van der Waals surface area contributed by atoms with Gasteiger partial charge in [0.2, 0.25) is 5.95 Å². The zero-order valence-corrected chi connectivity index (χ0v) is 10.9. The van der Waals surface area contributed by atoms with Gasteiger partial charge >= 0.3 is 0 Å². The number of non-ortho nitro benzene ring substituents is 1. The minimum absolute atomic E-state index is 0.0270. The van der Waals surface area contributed by atoms with Crippen molar-refractivity contribution in [2.45, 2.75) is 0 Å². The van der Waals surface area contributed by atoms with E-state index in [1.54, 1.807) is 18.2 Å². The highest BCUT2D eigenvalue weighted by atomic mass is 35.5. The van der Waals surface area contributed by atoms with Gasteiger partial charge in [-0.1, -0.05) is 11.6 Å². The third-order valence-electron chi connectivity index (χ3n) is 2.78. The number of nitro benzene ring substituents is 1. The summed E-state index contributed by atoms with van der Waals surface area (Å²) in [5, 5.41) is 14.4. The lowest BCUT2D eigenvalue weighted by molar-refractivity contribution is -0.384. The van der Waals surface area contributed by atoms with Gasteiger partial charge in [-0.25, -0.2) is 4.98 Å². The summed E-state index contributed by atoms with van der Waals surface area (Å²) in [5.74, 6) is 0.517. The number of hydrogen-bond donors (Lipinski definition) is 2. The van der Waals surface area contributed by atoms with Crippen LogP contribution in [0.3, 0.4) is 0 Å². The number of fused-ring (bicyclic) bond motifs is 1. The van der Waals surface area contributed by atoms with Crippen LogP contribution in [-0.2, 0) is 0 Å². The number of H-pyrrole nitrogens is 1. The second-order valence-corrected chi connectivity index (χ2v) is 4.61. The molecule has 6 nitrogen and oxygen atoms in total. The highest BCUT2D eigenvalue weighted by Gasteiger charge is 2.09. The van der Waals surface area contributed by atoms with E-state index in [0.717, 1.165) is 5.69 Å². The first-order valence-corrected chi connectivity index (χ1v) is 6.16. The van der Waals surface area contributed by atoms with Gasteiger partial charge in [0.25, 0.3) is 5.69 Å². The minimum Gasteiger partial charge on any atom is -0.326 e. The van der Waals surface area contributed by atoms with E-state index in [9.17, 15) is 10.1 Å². The smallest absolute Gasteiger partial charge is 0.271 e. The summed E-state index contributed by atoms with van der Waals surface area (Å²) < 4.78 is 0. The molecule has 0 bridgehead atoms. The molecule has 0 unspecified atom stereocenters. The molecule has 0 saturated heterocycles. The first-order valence-electron chi connectivity index (χ1n) is 5.78. The predicted octanol–water partition coefficient (Wildman–Crippen LogP) is 3.87. The zero-order valence-electron chi connectivity index (χ0n) is 10.1. The van der Waals surface area contributed by atoms with Crippen molar-refractivity contribution >= 4 is 40.0 Å². The van der Waals surface area contributed by atoms with Gasteiger partial charge < -0.3 is 10.3 Å². The van der Waals surface area contributed by atoms with Gasteiger partial charge in [-0.3, -0.25) is 10.1 Å². The van der Waals surface area contributed by atoms with Crippen LogP contribution in [0.5, 0.6) is 0 Å². The Labute approximate surface area is 118 Å². The summed E-state index contributed by atoms with van der Waals surface area (Å²) in [5.41, 5.74) is 2.12. The Morgan fingerprint density at radius 1 is 1.20 bits per heavy atom. The molecule has 2 N–H and O–H groups in total. The number of aromatic nitrogens is 2. The summed E-state index contributed by atoms with van der Waals surface area (Å²) in [6.07, 6.45) is 0. The third-order valence-corrected chi connectivity index (χ3v) is 3.04. The van der Waals surface area contributed by atoms with E-state index in [1.165, 1.54) is 12.1 Å². The Morgan fingerprint density at radius 3 is 2.65 bits per heavy atom. The first kappa shape index (κ1) is 12.4. The summed E-state index contributed by atoms with van der Waals surface area (Å²) in [4.78, 5) is 17.6. The van der Waals surface area contributed by atoms with Gasteiger partial charge in [0.1, 0.15) is 0 Å². The van der Waals surface area contributed by atoms with E-state index in [4.69, 9.17) is 11.6 Å². The van der Waals surface area contributed by atoms with Gasteiger partial charge in [-0.05, 0) is 30.3 Å². The lowest BCUT2D eigenvalue weighted by Gasteiger charge is -2.01. The molecule has 0 amide bonds. The molecular weight excluding hydrogens is 280 g/mol. The molecule has 0 radical (unpaired) electrons. The molecule has 2 aromatic carbocycles. The number of anilines is 2. The quantitative estimate of drug-likeness (QED) is 0.566. The number of imidazole rings is 1. The Kier molecular flexibility index (Phi) is 3.00. The molecular formula is C13H9ClN4O2. The summed E-state index contributed by atoms with van der Waals surface area (Å²) in [6, 6.07) is 11.6. The average Bonchev–Trinajstić information content (AvgIpc) is 2.82. The highest BCUT2D eigenvalue weighted by molar-refractivity contribution is 6.30. The van der Waals surface area contributed by atoms with Crippen molar-refractivity contribution in [1.29, 1.82) is 0 Å². The topological polar surface area (TPSA) is 83.8 Å². The van der Waals surface area contributed by atoms with Crippen LogP contribution in [-0.4, -0.2) is 14.9 Å². The van der Waals surface area contributed by atoms with Gasteiger partial charge in [0, 0.05) is 22.8 Å². The number of nitrogens with zero attached hydrogens (tertiary/aromatic N) is 2. The van der Waals surface area contributed by atoms with Crippen molar-refractivity contribution in [1.82, 2.24) is 9.97 Å². The van der Waals surface area contributed by atoms with E-state index in [-0.39, 0.29) is 5.69 Å². The lowest BCUT2D eigenvalue weighted by atomic mass is 10.3. The van der Waals surface area contributed by atoms with Crippen LogP contribution in [0.2, 0.25) is 5.02 Å². The number of aromatic amines is 1. The number of hydrogen-bond acceptors (Lipinski definition) is 4. The van der Waals surface area contributed by atoms with Crippen LogP contribution in [0, 0.1) is 10.1 Å². The monoisotopic (exact) mass is 288 g/mol. The standard InChI is InChI=1S/C13H9ClN4O2/c14-8-1-3-9(4-2-8)15-13-16-11-6-5-10(18(19)20)7-12(11)17-13/h1-7H,(H2,15,16,17). The largest absolute Gasteiger partial charge is 0.326 e. The zero-order chi connectivity index (χ0) is 14.1. The minimum atomic E-state index is -0.438. The van der Waals surface area contributed by atoms with Crippen molar-refractivity contribution in [3.05, 3.63) is 57.6 Å². The molecule has 0 spiro atoms. The van der Waals surface area contributed by atoms with Crippen molar-refractivity contribution in [2.24, 2.45) is 0 Å². The molecule has 7 heteroatoms.